The highest BCUT2D eigenvalue weighted by Crippen LogP contribution is 2.33. The van der Waals surface area contributed by atoms with Crippen LogP contribution in [0.25, 0.3) is 10.8 Å². The van der Waals surface area contributed by atoms with Gasteiger partial charge in [0.2, 0.25) is 0 Å². The molecule has 1 N–H and O–H groups in total. The largest absolute Gasteiger partial charge is 0.321 e. The van der Waals surface area contributed by atoms with Crippen molar-refractivity contribution in [3.63, 3.8) is 0 Å². The predicted octanol–water partition coefficient (Wildman–Crippen LogP) is 5.78. The van der Waals surface area contributed by atoms with E-state index in [-0.39, 0.29) is 5.91 Å². The molecule has 3 aromatic carbocycles. The maximum absolute atomic E-state index is 12.7. The van der Waals surface area contributed by atoms with Crippen LogP contribution in [0.4, 0.5) is 5.69 Å². The van der Waals surface area contributed by atoms with E-state index in [9.17, 15) is 4.79 Å². The maximum Gasteiger partial charge on any atom is 0.255 e. The molecule has 3 aromatic rings. The van der Waals surface area contributed by atoms with Gasteiger partial charge >= 0.3 is 0 Å². The molecule has 0 aromatic heterocycles. The van der Waals surface area contributed by atoms with Gasteiger partial charge in [0.1, 0.15) is 0 Å². The molecule has 3 rings (SSSR count). The van der Waals surface area contributed by atoms with E-state index in [1.165, 1.54) is 0 Å². The van der Waals surface area contributed by atoms with Crippen molar-refractivity contribution < 1.29 is 4.79 Å². The van der Waals surface area contributed by atoms with Gasteiger partial charge in [-0.05, 0) is 49.9 Å². The average Bonchev–Trinajstić information content (AvgIpc) is 2.50. The topological polar surface area (TPSA) is 29.1 Å². The zero-order valence-corrected chi connectivity index (χ0v) is 15.0. The van der Waals surface area contributed by atoms with E-state index in [2.05, 4.69) is 27.3 Å². The molecule has 0 aliphatic rings. The number of anilines is 1. The number of amides is 1. The van der Waals surface area contributed by atoms with Crippen LogP contribution >= 0.6 is 15.9 Å². The number of carbonyl (C=O) groups is 1. The summed E-state index contributed by atoms with van der Waals surface area (Å²) in [5.74, 6) is -0.0765. The van der Waals surface area contributed by atoms with E-state index < -0.39 is 0 Å². The lowest BCUT2D eigenvalue weighted by Crippen LogP contribution is -2.13. The number of hydrogen-bond donors (Lipinski definition) is 1. The number of carbonyl (C=O) groups excluding carboxylic acids is 1. The fourth-order valence-electron chi connectivity index (χ4n) is 2.92. The Labute approximate surface area is 144 Å². The number of rotatable bonds is 2. The van der Waals surface area contributed by atoms with Gasteiger partial charge < -0.3 is 5.32 Å². The highest BCUT2D eigenvalue weighted by molar-refractivity contribution is 9.10. The fourth-order valence-corrected chi connectivity index (χ4v) is 3.61. The van der Waals surface area contributed by atoms with Crippen LogP contribution in [0.15, 0.2) is 53.0 Å². The number of aryl methyl sites for hydroxylation is 3. The van der Waals surface area contributed by atoms with Crippen LogP contribution in [0.5, 0.6) is 0 Å². The van der Waals surface area contributed by atoms with Gasteiger partial charge in [0.25, 0.3) is 5.91 Å². The first-order valence-corrected chi connectivity index (χ1v) is 8.32. The lowest BCUT2D eigenvalue weighted by Gasteiger charge is -2.14. The summed E-state index contributed by atoms with van der Waals surface area (Å²) in [6.45, 7) is 6.02. The molecule has 0 fully saturated rings. The summed E-state index contributed by atoms with van der Waals surface area (Å²) >= 11 is 3.60. The number of fused-ring (bicyclic) bond motifs is 1. The molecule has 0 radical (unpaired) electrons. The minimum atomic E-state index is -0.0765. The van der Waals surface area contributed by atoms with Gasteiger partial charge in [0, 0.05) is 15.4 Å². The molecule has 0 aliphatic heterocycles. The fraction of sp³-hybridized carbons (Fsp3) is 0.150. The Morgan fingerprint density at radius 2 is 1.52 bits per heavy atom. The summed E-state index contributed by atoms with van der Waals surface area (Å²) in [4.78, 5) is 12.7. The standard InChI is InChI=1S/C20H18BrNO/c1-12-8-13(2)10-15(9-12)20(23)22-19-14(3)11-18(21)16-6-4-5-7-17(16)19/h4-11H,1-3H3,(H,22,23). The lowest BCUT2D eigenvalue weighted by molar-refractivity contribution is 0.102. The smallest absolute Gasteiger partial charge is 0.255 e. The van der Waals surface area contributed by atoms with Crippen LogP contribution in [0.1, 0.15) is 27.0 Å². The lowest BCUT2D eigenvalue weighted by atomic mass is 10.0. The summed E-state index contributed by atoms with van der Waals surface area (Å²) < 4.78 is 1.04. The third kappa shape index (κ3) is 3.15. The SMILES string of the molecule is Cc1cc(C)cc(C(=O)Nc2c(C)cc(Br)c3ccccc23)c1. The van der Waals surface area contributed by atoms with Crippen LogP contribution in [-0.2, 0) is 0 Å². The van der Waals surface area contributed by atoms with Crippen LogP contribution in [0.3, 0.4) is 0 Å². The van der Waals surface area contributed by atoms with Crippen molar-refractivity contribution in [1.82, 2.24) is 0 Å². The normalized spacial score (nSPS) is 10.8. The molecule has 0 heterocycles. The number of benzene rings is 3. The van der Waals surface area contributed by atoms with Crippen LogP contribution < -0.4 is 5.32 Å². The van der Waals surface area contributed by atoms with Gasteiger partial charge in [0.05, 0.1) is 5.69 Å². The average molecular weight is 368 g/mol. The monoisotopic (exact) mass is 367 g/mol. The zero-order chi connectivity index (χ0) is 16.6. The molecule has 116 valence electrons. The minimum absolute atomic E-state index is 0.0765. The number of hydrogen-bond acceptors (Lipinski definition) is 1. The van der Waals surface area contributed by atoms with E-state index in [4.69, 9.17) is 0 Å². The molecule has 0 unspecified atom stereocenters. The molecule has 2 nitrogen and oxygen atoms in total. The molecule has 0 atom stereocenters. The van der Waals surface area contributed by atoms with Crippen molar-refractivity contribution in [3.05, 3.63) is 75.3 Å². The second-order valence-corrected chi connectivity index (χ2v) is 6.78. The Balaban J connectivity index is 2.06. The highest BCUT2D eigenvalue weighted by Gasteiger charge is 2.13. The van der Waals surface area contributed by atoms with Gasteiger partial charge in [-0.1, -0.05) is 57.4 Å². The van der Waals surface area contributed by atoms with E-state index in [1.807, 2.05) is 63.2 Å². The summed E-state index contributed by atoms with van der Waals surface area (Å²) in [7, 11) is 0. The Kier molecular flexibility index (Phi) is 4.22. The van der Waals surface area contributed by atoms with Crippen molar-refractivity contribution >= 4 is 38.3 Å². The van der Waals surface area contributed by atoms with Gasteiger partial charge in [-0.15, -0.1) is 0 Å². The Morgan fingerprint density at radius 1 is 0.913 bits per heavy atom. The summed E-state index contributed by atoms with van der Waals surface area (Å²) in [6.07, 6.45) is 0. The van der Waals surface area contributed by atoms with Crippen LogP contribution in [0, 0.1) is 20.8 Å². The summed E-state index contributed by atoms with van der Waals surface area (Å²) in [5, 5.41) is 5.22. The molecular weight excluding hydrogens is 350 g/mol. The number of nitrogens with one attached hydrogen (secondary N) is 1. The minimum Gasteiger partial charge on any atom is -0.321 e. The third-order valence-corrected chi connectivity index (χ3v) is 4.57. The molecule has 0 spiro atoms. The molecule has 0 saturated carbocycles. The van der Waals surface area contributed by atoms with Gasteiger partial charge in [-0.3, -0.25) is 4.79 Å². The Morgan fingerprint density at radius 3 is 2.17 bits per heavy atom. The van der Waals surface area contributed by atoms with E-state index in [0.29, 0.717) is 5.56 Å². The first-order chi connectivity index (χ1) is 11.0. The van der Waals surface area contributed by atoms with Crippen molar-refractivity contribution in [2.75, 3.05) is 5.32 Å². The van der Waals surface area contributed by atoms with Crippen LogP contribution in [-0.4, -0.2) is 5.91 Å². The second-order valence-electron chi connectivity index (χ2n) is 5.93. The highest BCUT2D eigenvalue weighted by atomic mass is 79.9. The van der Waals surface area contributed by atoms with Crippen LogP contribution in [0.2, 0.25) is 0 Å². The Bertz CT molecular complexity index is 895. The summed E-state index contributed by atoms with van der Waals surface area (Å²) in [6, 6.07) is 16.0. The Hall–Kier alpha value is -2.13. The molecule has 1 amide bonds. The second kappa shape index (κ2) is 6.17. The molecular formula is C20H18BrNO. The van der Waals surface area contributed by atoms with Crippen molar-refractivity contribution in [3.8, 4) is 0 Å². The van der Waals surface area contributed by atoms with Crippen molar-refractivity contribution in [1.29, 1.82) is 0 Å². The summed E-state index contributed by atoms with van der Waals surface area (Å²) in [5.41, 5.74) is 4.77. The molecule has 0 bridgehead atoms. The quantitative estimate of drug-likeness (QED) is 0.610. The van der Waals surface area contributed by atoms with Crippen molar-refractivity contribution in [2.24, 2.45) is 0 Å². The first kappa shape index (κ1) is 15.8. The maximum atomic E-state index is 12.7. The zero-order valence-electron chi connectivity index (χ0n) is 13.4. The first-order valence-electron chi connectivity index (χ1n) is 7.53. The van der Waals surface area contributed by atoms with Gasteiger partial charge in [-0.2, -0.15) is 0 Å². The molecule has 23 heavy (non-hydrogen) atoms. The van der Waals surface area contributed by atoms with Crippen molar-refractivity contribution in [2.45, 2.75) is 20.8 Å². The predicted molar refractivity (Wildman–Crippen MR) is 100 cm³/mol. The molecule has 0 aliphatic carbocycles. The third-order valence-electron chi connectivity index (χ3n) is 3.91. The van der Waals surface area contributed by atoms with E-state index in [0.717, 1.165) is 37.6 Å². The number of halogens is 1. The van der Waals surface area contributed by atoms with E-state index in [1.54, 1.807) is 0 Å². The molecule has 3 heteroatoms. The van der Waals surface area contributed by atoms with Gasteiger partial charge in [0.15, 0.2) is 0 Å². The molecule has 0 saturated heterocycles. The van der Waals surface area contributed by atoms with E-state index >= 15 is 0 Å². The van der Waals surface area contributed by atoms with Gasteiger partial charge in [-0.25, -0.2) is 0 Å².